The molecule has 0 spiro atoms. The Balaban J connectivity index is 1.89. The highest BCUT2D eigenvalue weighted by Crippen LogP contribution is 2.18. The number of hydrogen-bond donors (Lipinski definition) is 2. The van der Waals surface area contributed by atoms with E-state index in [0.29, 0.717) is 17.9 Å². The van der Waals surface area contributed by atoms with Crippen LogP contribution in [0.1, 0.15) is 18.1 Å². The van der Waals surface area contributed by atoms with E-state index in [0.717, 1.165) is 5.56 Å². The van der Waals surface area contributed by atoms with E-state index in [4.69, 9.17) is 4.74 Å². The Labute approximate surface area is 139 Å². The zero-order chi connectivity index (χ0) is 17.5. The molecule has 0 aliphatic rings. The van der Waals surface area contributed by atoms with Crippen molar-refractivity contribution in [2.24, 2.45) is 0 Å². The molecule has 2 aromatic carbocycles. The van der Waals surface area contributed by atoms with Crippen LogP contribution >= 0.6 is 0 Å². The molecule has 2 aromatic rings. The predicted octanol–water partition coefficient (Wildman–Crippen LogP) is 2.79. The minimum absolute atomic E-state index is 0.0451. The molecule has 0 bridgehead atoms. The summed E-state index contributed by atoms with van der Waals surface area (Å²) in [5, 5.41) is 4.95. The Morgan fingerprint density at radius 1 is 1.08 bits per heavy atom. The molecule has 6 heteroatoms. The molecule has 0 aliphatic heterocycles. The molecule has 0 aliphatic carbocycles. The van der Waals surface area contributed by atoms with Crippen LogP contribution in [0.25, 0.3) is 0 Å². The summed E-state index contributed by atoms with van der Waals surface area (Å²) < 4.78 is 18.8. The predicted molar refractivity (Wildman–Crippen MR) is 89.2 cm³/mol. The van der Waals surface area contributed by atoms with Gasteiger partial charge in [-0.2, -0.15) is 0 Å². The average Bonchev–Trinajstić information content (AvgIpc) is 2.57. The first-order valence-electron chi connectivity index (χ1n) is 7.56. The van der Waals surface area contributed by atoms with Gasteiger partial charge < -0.3 is 15.4 Å². The van der Waals surface area contributed by atoms with Crippen molar-refractivity contribution in [2.75, 3.05) is 11.9 Å². The molecule has 0 fully saturated rings. The van der Waals surface area contributed by atoms with Gasteiger partial charge in [-0.1, -0.05) is 23.8 Å². The third kappa shape index (κ3) is 4.81. The number of rotatable bonds is 5. The van der Waals surface area contributed by atoms with Gasteiger partial charge >= 0.3 is 11.8 Å². The summed E-state index contributed by atoms with van der Waals surface area (Å²) in [5.74, 6) is -1.91. The maximum Gasteiger partial charge on any atom is 0.313 e. The molecule has 2 N–H and O–H groups in total. The number of anilines is 1. The van der Waals surface area contributed by atoms with Gasteiger partial charge in [-0.3, -0.25) is 9.59 Å². The zero-order valence-electron chi connectivity index (χ0n) is 13.6. The number of amides is 2. The van der Waals surface area contributed by atoms with Gasteiger partial charge in [-0.25, -0.2) is 4.39 Å². The number of hydrogen-bond acceptors (Lipinski definition) is 3. The lowest BCUT2D eigenvalue weighted by molar-refractivity contribution is -0.136. The Bertz CT molecular complexity index is 730. The molecule has 0 saturated heterocycles. The van der Waals surface area contributed by atoms with Gasteiger partial charge in [0.05, 0.1) is 6.61 Å². The van der Waals surface area contributed by atoms with E-state index in [1.165, 1.54) is 12.1 Å². The highest BCUT2D eigenvalue weighted by atomic mass is 19.1. The summed E-state index contributed by atoms with van der Waals surface area (Å²) in [6.07, 6.45) is 0. The van der Waals surface area contributed by atoms with E-state index >= 15 is 0 Å². The first-order valence-corrected chi connectivity index (χ1v) is 7.56. The van der Waals surface area contributed by atoms with Crippen molar-refractivity contribution in [3.05, 3.63) is 59.4 Å². The number of ether oxygens (including phenoxy) is 1. The highest BCUT2D eigenvalue weighted by Gasteiger charge is 2.13. The second-order valence-corrected chi connectivity index (χ2v) is 5.20. The Kier molecular flexibility index (Phi) is 5.89. The van der Waals surface area contributed by atoms with Gasteiger partial charge in [-0.15, -0.1) is 0 Å². The lowest BCUT2D eigenvalue weighted by Crippen LogP contribution is -2.34. The summed E-state index contributed by atoms with van der Waals surface area (Å²) >= 11 is 0. The van der Waals surface area contributed by atoms with E-state index < -0.39 is 17.6 Å². The van der Waals surface area contributed by atoms with E-state index in [2.05, 4.69) is 10.6 Å². The van der Waals surface area contributed by atoms with Crippen molar-refractivity contribution >= 4 is 17.5 Å². The Morgan fingerprint density at radius 2 is 1.79 bits per heavy atom. The molecule has 0 saturated carbocycles. The third-order valence-electron chi connectivity index (χ3n) is 3.26. The average molecular weight is 330 g/mol. The number of halogens is 1. The van der Waals surface area contributed by atoms with Gasteiger partial charge in [0.2, 0.25) is 0 Å². The number of benzene rings is 2. The molecular weight excluding hydrogens is 311 g/mol. The lowest BCUT2D eigenvalue weighted by atomic mass is 10.2. The molecule has 2 rings (SSSR count). The maximum atomic E-state index is 13.7. The Hall–Kier alpha value is -2.89. The Morgan fingerprint density at radius 3 is 2.42 bits per heavy atom. The second-order valence-electron chi connectivity index (χ2n) is 5.20. The first-order chi connectivity index (χ1) is 11.5. The van der Waals surface area contributed by atoms with Crippen LogP contribution in [0.15, 0.2) is 42.5 Å². The summed E-state index contributed by atoms with van der Waals surface area (Å²) in [6.45, 7) is 4.10. The van der Waals surface area contributed by atoms with Crippen molar-refractivity contribution in [1.82, 2.24) is 5.32 Å². The lowest BCUT2D eigenvalue weighted by Gasteiger charge is -2.09. The van der Waals surface area contributed by atoms with Crippen LogP contribution in [0, 0.1) is 12.7 Å². The molecule has 0 heterocycles. The van der Waals surface area contributed by atoms with Crippen LogP contribution in [0.2, 0.25) is 0 Å². The van der Waals surface area contributed by atoms with Gasteiger partial charge in [0.15, 0.2) is 11.6 Å². The van der Waals surface area contributed by atoms with Gasteiger partial charge in [0, 0.05) is 12.2 Å². The molecule has 2 amide bonds. The zero-order valence-corrected chi connectivity index (χ0v) is 13.6. The minimum Gasteiger partial charge on any atom is -0.491 e. The molecular formula is C18H19FN2O3. The van der Waals surface area contributed by atoms with E-state index in [1.807, 2.05) is 19.1 Å². The van der Waals surface area contributed by atoms with E-state index in [9.17, 15) is 14.0 Å². The van der Waals surface area contributed by atoms with Gasteiger partial charge in [0.25, 0.3) is 0 Å². The highest BCUT2D eigenvalue weighted by molar-refractivity contribution is 6.39. The van der Waals surface area contributed by atoms with Crippen LogP contribution in [-0.2, 0) is 16.1 Å². The van der Waals surface area contributed by atoms with Crippen molar-refractivity contribution in [2.45, 2.75) is 20.4 Å². The molecule has 0 aromatic heterocycles. The van der Waals surface area contributed by atoms with Crippen molar-refractivity contribution in [3.63, 3.8) is 0 Å². The van der Waals surface area contributed by atoms with E-state index in [-0.39, 0.29) is 12.3 Å². The number of aryl methyl sites for hydroxylation is 1. The normalized spacial score (nSPS) is 10.1. The fraction of sp³-hybridized carbons (Fsp3) is 0.222. The summed E-state index contributed by atoms with van der Waals surface area (Å²) in [6, 6.07) is 11.5. The maximum absolute atomic E-state index is 13.7. The van der Waals surface area contributed by atoms with Crippen molar-refractivity contribution in [1.29, 1.82) is 0 Å². The fourth-order valence-corrected chi connectivity index (χ4v) is 2.01. The van der Waals surface area contributed by atoms with Gasteiger partial charge in [0.1, 0.15) is 0 Å². The van der Waals surface area contributed by atoms with Crippen molar-refractivity contribution < 1.29 is 18.7 Å². The van der Waals surface area contributed by atoms with E-state index in [1.54, 1.807) is 25.1 Å². The number of nitrogens with one attached hydrogen (secondary N) is 2. The van der Waals surface area contributed by atoms with Crippen molar-refractivity contribution in [3.8, 4) is 5.75 Å². The first kappa shape index (κ1) is 17.5. The SMILES string of the molecule is CCOc1ccc(CNC(=O)C(=O)Nc2ccc(C)cc2)cc1F. The largest absolute Gasteiger partial charge is 0.491 e. The monoisotopic (exact) mass is 330 g/mol. The second kappa shape index (κ2) is 8.10. The summed E-state index contributed by atoms with van der Waals surface area (Å²) in [4.78, 5) is 23.6. The van der Waals surface area contributed by atoms with Gasteiger partial charge in [-0.05, 0) is 43.7 Å². The van der Waals surface area contributed by atoms with Crippen LogP contribution in [0.5, 0.6) is 5.75 Å². The van der Waals surface area contributed by atoms with Crippen LogP contribution in [-0.4, -0.2) is 18.4 Å². The topological polar surface area (TPSA) is 67.4 Å². The summed E-state index contributed by atoms with van der Waals surface area (Å²) in [5.41, 5.74) is 2.12. The molecule has 0 atom stereocenters. The number of carbonyl (C=O) groups excluding carboxylic acids is 2. The van der Waals surface area contributed by atoms with Crippen LogP contribution in [0.4, 0.5) is 10.1 Å². The minimum atomic E-state index is -0.787. The standard InChI is InChI=1S/C18H19FN2O3/c1-3-24-16-9-6-13(10-15(16)19)11-20-17(22)18(23)21-14-7-4-12(2)5-8-14/h4-10H,3,11H2,1-2H3,(H,20,22)(H,21,23). The fourth-order valence-electron chi connectivity index (χ4n) is 2.01. The molecule has 0 unspecified atom stereocenters. The van der Waals surface area contributed by atoms with Crippen LogP contribution in [0.3, 0.4) is 0 Å². The molecule has 126 valence electrons. The molecule has 24 heavy (non-hydrogen) atoms. The summed E-state index contributed by atoms with van der Waals surface area (Å²) in [7, 11) is 0. The molecule has 0 radical (unpaired) electrons. The molecule has 5 nitrogen and oxygen atoms in total. The third-order valence-corrected chi connectivity index (χ3v) is 3.26. The number of carbonyl (C=O) groups is 2. The quantitative estimate of drug-likeness (QED) is 0.829. The smallest absolute Gasteiger partial charge is 0.313 e. The van der Waals surface area contributed by atoms with Crippen LogP contribution < -0.4 is 15.4 Å².